The van der Waals surface area contributed by atoms with E-state index in [1.807, 2.05) is 6.92 Å². The van der Waals surface area contributed by atoms with Crippen LogP contribution in [0.1, 0.15) is 33.6 Å². The molecule has 1 fully saturated rings. The lowest BCUT2D eigenvalue weighted by molar-refractivity contribution is 0.0369. The van der Waals surface area contributed by atoms with Gasteiger partial charge in [0.2, 0.25) is 0 Å². The lowest BCUT2D eigenvalue weighted by atomic mass is 9.92. The maximum Gasteiger partial charge on any atom is 0.0705 e. The maximum absolute atomic E-state index is 10.0. The number of aliphatic hydroxyl groups is 1. The SMILES string of the molecule is C#C[C@@H](C)[C@H](O)[C@H]1C[C@@H]1[C@H](C)[C@H](CC)OC. The fourth-order valence-electron chi connectivity index (χ4n) is 2.73. The number of ether oxygens (including phenoxy) is 1. The zero-order valence-electron chi connectivity index (χ0n) is 10.8. The van der Waals surface area contributed by atoms with Gasteiger partial charge in [0, 0.05) is 13.0 Å². The third kappa shape index (κ3) is 2.78. The van der Waals surface area contributed by atoms with Crippen molar-refractivity contribution in [1.29, 1.82) is 0 Å². The average molecular weight is 224 g/mol. The summed E-state index contributed by atoms with van der Waals surface area (Å²) in [5.41, 5.74) is 0. The zero-order chi connectivity index (χ0) is 12.3. The molecule has 0 heterocycles. The minimum absolute atomic E-state index is 0.0372. The Morgan fingerprint density at radius 2 is 2.06 bits per heavy atom. The Balaban J connectivity index is 2.47. The van der Waals surface area contributed by atoms with Crippen LogP contribution >= 0.6 is 0 Å². The van der Waals surface area contributed by atoms with Crippen molar-refractivity contribution in [1.82, 2.24) is 0 Å². The zero-order valence-corrected chi connectivity index (χ0v) is 10.8. The summed E-state index contributed by atoms with van der Waals surface area (Å²) in [5.74, 6) is 4.06. The minimum atomic E-state index is -0.341. The van der Waals surface area contributed by atoms with E-state index in [-0.39, 0.29) is 12.0 Å². The molecule has 1 rings (SSSR count). The molecule has 1 aliphatic rings. The molecule has 1 aliphatic carbocycles. The molecule has 0 saturated heterocycles. The summed E-state index contributed by atoms with van der Waals surface area (Å²) in [7, 11) is 1.77. The second kappa shape index (κ2) is 5.70. The van der Waals surface area contributed by atoms with Gasteiger partial charge in [0.25, 0.3) is 0 Å². The van der Waals surface area contributed by atoms with Gasteiger partial charge in [-0.1, -0.05) is 13.8 Å². The molecule has 0 unspecified atom stereocenters. The van der Waals surface area contributed by atoms with E-state index in [2.05, 4.69) is 19.8 Å². The Morgan fingerprint density at radius 3 is 2.50 bits per heavy atom. The van der Waals surface area contributed by atoms with Crippen molar-refractivity contribution in [2.24, 2.45) is 23.7 Å². The van der Waals surface area contributed by atoms with Crippen LogP contribution in [-0.4, -0.2) is 24.4 Å². The average Bonchev–Trinajstić information content (AvgIpc) is 3.08. The predicted molar refractivity (Wildman–Crippen MR) is 65.9 cm³/mol. The van der Waals surface area contributed by atoms with Crippen LogP contribution in [0, 0.1) is 36.0 Å². The molecule has 2 nitrogen and oxygen atoms in total. The number of aliphatic hydroxyl groups excluding tert-OH is 1. The standard InChI is InChI=1S/C14H24O2/c1-6-9(3)14(15)12-8-11(12)10(4)13(7-2)16-5/h1,9-15H,7-8H2,2-5H3/t9-,10+,11-,12+,13+,14+/m1/s1. The largest absolute Gasteiger partial charge is 0.392 e. The molecule has 2 heteroatoms. The third-order valence-electron chi connectivity index (χ3n) is 4.07. The third-order valence-corrected chi connectivity index (χ3v) is 4.07. The highest BCUT2D eigenvalue weighted by molar-refractivity contribution is 5.03. The summed E-state index contributed by atoms with van der Waals surface area (Å²) in [4.78, 5) is 0. The lowest BCUT2D eigenvalue weighted by Gasteiger charge is -2.22. The van der Waals surface area contributed by atoms with Gasteiger partial charge in [-0.05, 0) is 37.5 Å². The maximum atomic E-state index is 10.0. The van der Waals surface area contributed by atoms with Crippen LogP contribution in [0.3, 0.4) is 0 Å². The van der Waals surface area contributed by atoms with E-state index in [0.717, 1.165) is 12.8 Å². The highest BCUT2D eigenvalue weighted by Crippen LogP contribution is 2.49. The van der Waals surface area contributed by atoms with Crippen molar-refractivity contribution >= 4 is 0 Å². The molecule has 0 aromatic carbocycles. The summed E-state index contributed by atoms with van der Waals surface area (Å²) in [5, 5.41) is 10.0. The molecule has 0 bridgehead atoms. The molecule has 0 spiro atoms. The molecule has 92 valence electrons. The van der Waals surface area contributed by atoms with Crippen LogP contribution in [-0.2, 0) is 4.74 Å². The Kier molecular flexibility index (Phi) is 4.83. The predicted octanol–water partition coefficient (Wildman–Crippen LogP) is 2.31. The second-order valence-electron chi connectivity index (χ2n) is 5.05. The van der Waals surface area contributed by atoms with E-state index in [9.17, 15) is 5.11 Å². The van der Waals surface area contributed by atoms with Crippen LogP contribution in [0.5, 0.6) is 0 Å². The topological polar surface area (TPSA) is 29.5 Å². The van der Waals surface area contributed by atoms with Gasteiger partial charge in [0.05, 0.1) is 12.2 Å². The van der Waals surface area contributed by atoms with Crippen LogP contribution in [0.4, 0.5) is 0 Å². The normalized spacial score (nSPS) is 31.2. The molecule has 0 amide bonds. The van der Waals surface area contributed by atoms with Gasteiger partial charge in [-0.15, -0.1) is 12.3 Å². The Labute approximate surface area is 99.4 Å². The summed E-state index contributed by atoms with van der Waals surface area (Å²) in [6, 6.07) is 0. The van der Waals surface area contributed by atoms with Crippen molar-refractivity contribution in [3.8, 4) is 12.3 Å². The molecule has 16 heavy (non-hydrogen) atoms. The quantitative estimate of drug-likeness (QED) is 0.702. The van der Waals surface area contributed by atoms with Gasteiger partial charge < -0.3 is 9.84 Å². The number of terminal acetylenes is 1. The first-order chi connectivity index (χ1) is 7.56. The monoisotopic (exact) mass is 224 g/mol. The van der Waals surface area contributed by atoms with Gasteiger partial charge in [0.15, 0.2) is 0 Å². The van der Waals surface area contributed by atoms with Crippen molar-refractivity contribution in [2.45, 2.75) is 45.8 Å². The fraction of sp³-hybridized carbons (Fsp3) is 0.857. The summed E-state index contributed by atoms with van der Waals surface area (Å²) in [6.07, 6.45) is 7.43. The van der Waals surface area contributed by atoms with Crippen LogP contribution in [0.15, 0.2) is 0 Å². The number of rotatable bonds is 6. The highest BCUT2D eigenvalue weighted by atomic mass is 16.5. The first-order valence-electron chi connectivity index (χ1n) is 6.23. The van der Waals surface area contributed by atoms with E-state index >= 15 is 0 Å². The molecule has 0 aromatic rings. The molecular weight excluding hydrogens is 200 g/mol. The molecule has 0 aliphatic heterocycles. The van der Waals surface area contributed by atoms with Crippen molar-refractivity contribution in [3.63, 3.8) is 0 Å². The molecule has 1 saturated carbocycles. The summed E-state index contributed by atoms with van der Waals surface area (Å²) < 4.78 is 5.46. The molecular formula is C14H24O2. The van der Waals surface area contributed by atoms with Crippen LogP contribution in [0.2, 0.25) is 0 Å². The van der Waals surface area contributed by atoms with E-state index in [1.54, 1.807) is 7.11 Å². The minimum Gasteiger partial charge on any atom is -0.392 e. The molecule has 6 atom stereocenters. The fourth-order valence-corrected chi connectivity index (χ4v) is 2.73. The molecule has 0 aromatic heterocycles. The number of methoxy groups -OCH3 is 1. The van der Waals surface area contributed by atoms with Crippen molar-refractivity contribution < 1.29 is 9.84 Å². The Hall–Kier alpha value is -0.520. The first-order valence-corrected chi connectivity index (χ1v) is 6.23. The Bertz CT molecular complexity index is 252. The second-order valence-corrected chi connectivity index (χ2v) is 5.05. The molecule has 0 radical (unpaired) electrons. The lowest BCUT2D eigenvalue weighted by Crippen LogP contribution is -2.25. The van der Waals surface area contributed by atoms with Crippen molar-refractivity contribution in [2.75, 3.05) is 7.11 Å². The number of hydrogen-bond acceptors (Lipinski definition) is 2. The van der Waals surface area contributed by atoms with E-state index < -0.39 is 0 Å². The highest BCUT2D eigenvalue weighted by Gasteiger charge is 2.48. The smallest absolute Gasteiger partial charge is 0.0705 e. The van der Waals surface area contributed by atoms with Gasteiger partial charge in [-0.25, -0.2) is 0 Å². The summed E-state index contributed by atoms with van der Waals surface area (Å²) >= 11 is 0. The van der Waals surface area contributed by atoms with E-state index in [1.165, 1.54) is 0 Å². The van der Waals surface area contributed by atoms with Gasteiger partial charge >= 0.3 is 0 Å². The van der Waals surface area contributed by atoms with Crippen molar-refractivity contribution in [3.05, 3.63) is 0 Å². The van der Waals surface area contributed by atoms with E-state index in [4.69, 9.17) is 11.2 Å². The number of hydrogen-bond donors (Lipinski definition) is 1. The molecule has 1 N–H and O–H groups in total. The van der Waals surface area contributed by atoms with Gasteiger partial charge in [-0.2, -0.15) is 0 Å². The van der Waals surface area contributed by atoms with E-state index in [0.29, 0.717) is 23.9 Å². The van der Waals surface area contributed by atoms with Crippen LogP contribution in [0.25, 0.3) is 0 Å². The van der Waals surface area contributed by atoms with Gasteiger partial charge in [-0.3, -0.25) is 0 Å². The van der Waals surface area contributed by atoms with Gasteiger partial charge in [0.1, 0.15) is 0 Å². The van der Waals surface area contributed by atoms with Crippen LogP contribution < -0.4 is 0 Å². The Morgan fingerprint density at radius 1 is 1.44 bits per heavy atom. The summed E-state index contributed by atoms with van der Waals surface area (Å²) in [6.45, 7) is 6.27. The first kappa shape index (κ1) is 13.5.